The summed E-state index contributed by atoms with van der Waals surface area (Å²) in [6.45, 7) is 7.17. The number of rotatable bonds is 5. The lowest BCUT2D eigenvalue weighted by Crippen LogP contribution is -2.02. The third-order valence-electron chi connectivity index (χ3n) is 1.52. The number of nitrogens with two attached hydrogens (primary N) is 1. The lowest BCUT2D eigenvalue weighted by atomic mass is 10.3. The summed E-state index contributed by atoms with van der Waals surface area (Å²) in [6, 6.07) is 0. The Kier molecular flexibility index (Phi) is 6.77. The van der Waals surface area contributed by atoms with Gasteiger partial charge in [-0.15, -0.1) is 11.8 Å². The molecule has 0 aromatic heterocycles. The Morgan fingerprint density at radius 2 is 2.00 bits per heavy atom. The molecule has 11 heavy (non-hydrogen) atoms. The van der Waals surface area contributed by atoms with E-state index < -0.39 is 0 Å². The zero-order valence-electron chi connectivity index (χ0n) is 7.81. The molecule has 0 rings (SSSR count). The zero-order chi connectivity index (χ0) is 8.69. The molecule has 0 amide bonds. The molecule has 0 aliphatic heterocycles. The molecular weight excluding hydrogens is 154 g/mol. The normalized spacial score (nSPS) is 9.82. The Bertz CT molecular complexity index is 126. The maximum absolute atomic E-state index is 5.58. The fourth-order valence-electron chi connectivity index (χ4n) is 0.747. The molecule has 0 unspecified atom stereocenters. The zero-order valence-corrected chi connectivity index (χ0v) is 8.63. The van der Waals surface area contributed by atoms with E-state index in [4.69, 9.17) is 5.73 Å². The Balaban J connectivity index is 3.63. The van der Waals surface area contributed by atoms with Gasteiger partial charge in [-0.1, -0.05) is 18.9 Å². The fourth-order valence-corrected chi connectivity index (χ4v) is 1.83. The molecule has 0 aromatic rings. The molecule has 0 bridgehead atoms. The van der Waals surface area contributed by atoms with Crippen molar-refractivity contribution in [3.05, 3.63) is 10.5 Å². The second kappa shape index (κ2) is 6.74. The lowest BCUT2D eigenvalue weighted by Gasteiger charge is -2.05. The second-order valence-electron chi connectivity index (χ2n) is 2.83. The van der Waals surface area contributed by atoms with Gasteiger partial charge in [0.1, 0.15) is 0 Å². The van der Waals surface area contributed by atoms with Gasteiger partial charge in [-0.25, -0.2) is 0 Å². The van der Waals surface area contributed by atoms with Crippen LogP contribution >= 0.6 is 11.8 Å². The number of allylic oxidation sites excluding steroid dienone is 1. The van der Waals surface area contributed by atoms with Crippen LogP contribution in [0, 0.1) is 0 Å². The van der Waals surface area contributed by atoms with Crippen molar-refractivity contribution >= 4 is 11.8 Å². The van der Waals surface area contributed by atoms with E-state index in [-0.39, 0.29) is 0 Å². The van der Waals surface area contributed by atoms with Gasteiger partial charge in [0.15, 0.2) is 0 Å². The molecule has 0 fully saturated rings. The van der Waals surface area contributed by atoms with E-state index in [1.54, 1.807) is 0 Å². The standard InChI is InChI=1S/C9H19NS/c1-4-5-6-11-9(7-10)8(2)3/h4-7,10H2,1-3H3. The summed E-state index contributed by atoms with van der Waals surface area (Å²) >= 11 is 1.91. The van der Waals surface area contributed by atoms with Crippen LogP contribution in [0.2, 0.25) is 0 Å². The van der Waals surface area contributed by atoms with E-state index in [2.05, 4.69) is 20.8 Å². The van der Waals surface area contributed by atoms with Crippen LogP contribution in [-0.2, 0) is 0 Å². The van der Waals surface area contributed by atoms with Gasteiger partial charge in [-0.2, -0.15) is 0 Å². The first kappa shape index (κ1) is 11.1. The van der Waals surface area contributed by atoms with Gasteiger partial charge in [0.05, 0.1) is 0 Å². The molecule has 0 aliphatic rings. The molecule has 0 radical (unpaired) electrons. The first-order valence-electron chi connectivity index (χ1n) is 4.21. The van der Waals surface area contributed by atoms with Gasteiger partial charge in [-0.05, 0) is 30.9 Å². The summed E-state index contributed by atoms with van der Waals surface area (Å²) in [7, 11) is 0. The Morgan fingerprint density at radius 1 is 1.36 bits per heavy atom. The van der Waals surface area contributed by atoms with Gasteiger partial charge in [0.2, 0.25) is 0 Å². The monoisotopic (exact) mass is 173 g/mol. The van der Waals surface area contributed by atoms with Crippen molar-refractivity contribution in [3.63, 3.8) is 0 Å². The fraction of sp³-hybridized carbons (Fsp3) is 0.778. The van der Waals surface area contributed by atoms with Gasteiger partial charge in [0.25, 0.3) is 0 Å². The molecular formula is C9H19NS. The Hall–Kier alpha value is 0.0500. The minimum absolute atomic E-state index is 0.705. The molecule has 1 nitrogen and oxygen atoms in total. The molecule has 0 aliphatic carbocycles. The highest BCUT2D eigenvalue weighted by Crippen LogP contribution is 2.19. The molecule has 0 saturated heterocycles. The molecule has 2 N–H and O–H groups in total. The van der Waals surface area contributed by atoms with Crippen molar-refractivity contribution in [3.8, 4) is 0 Å². The average molecular weight is 173 g/mol. The summed E-state index contributed by atoms with van der Waals surface area (Å²) in [5.41, 5.74) is 6.95. The highest BCUT2D eigenvalue weighted by molar-refractivity contribution is 8.03. The van der Waals surface area contributed by atoms with Crippen molar-refractivity contribution in [1.82, 2.24) is 0 Å². The van der Waals surface area contributed by atoms with E-state index >= 15 is 0 Å². The van der Waals surface area contributed by atoms with Gasteiger partial charge < -0.3 is 5.73 Å². The van der Waals surface area contributed by atoms with Crippen molar-refractivity contribution in [2.24, 2.45) is 5.73 Å². The van der Waals surface area contributed by atoms with Gasteiger partial charge in [0, 0.05) is 6.54 Å². The van der Waals surface area contributed by atoms with Crippen molar-refractivity contribution in [1.29, 1.82) is 0 Å². The topological polar surface area (TPSA) is 26.0 Å². The van der Waals surface area contributed by atoms with Crippen LogP contribution in [0.1, 0.15) is 33.6 Å². The maximum Gasteiger partial charge on any atom is 0.0238 e. The van der Waals surface area contributed by atoms with Crippen molar-refractivity contribution in [2.45, 2.75) is 33.6 Å². The quantitative estimate of drug-likeness (QED) is 0.647. The highest BCUT2D eigenvalue weighted by atomic mass is 32.2. The average Bonchev–Trinajstić information content (AvgIpc) is 1.97. The summed E-state index contributed by atoms with van der Waals surface area (Å²) in [5.74, 6) is 1.22. The van der Waals surface area contributed by atoms with Crippen LogP contribution in [-0.4, -0.2) is 12.3 Å². The summed E-state index contributed by atoms with van der Waals surface area (Å²) in [6.07, 6.45) is 2.56. The minimum Gasteiger partial charge on any atom is -0.326 e. The van der Waals surface area contributed by atoms with Crippen LogP contribution in [0.25, 0.3) is 0 Å². The minimum atomic E-state index is 0.705. The first-order chi connectivity index (χ1) is 5.22. The van der Waals surface area contributed by atoms with E-state index in [9.17, 15) is 0 Å². The Morgan fingerprint density at radius 3 is 2.36 bits per heavy atom. The molecule has 0 aromatic carbocycles. The predicted molar refractivity (Wildman–Crippen MR) is 54.8 cm³/mol. The van der Waals surface area contributed by atoms with E-state index in [0.29, 0.717) is 6.54 Å². The van der Waals surface area contributed by atoms with Gasteiger partial charge in [-0.3, -0.25) is 0 Å². The SMILES string of the molecule is CCCCSC(CN)=C(C)C. The highest BCUT2D eigenvalue weighted by Gasteiger charge is 1.96. The third-order valence-corrected chi connectivity index (χ3v) is 2.93. The van der Waals surface area contributed by atoms with Crippen LogP contribution in [0.4, 0.5) is 0 Å². The molecule has 2 heteroatoms. The molecule has 0 heterocycles. The second-order valence-corrected chi connectivity index (χ2v) is 4.02. The molecule has 66 valence electrons. The summed E-state index contributed by atoms with van der Waals surface area (Å²) in [5, 5.41) is 0. The van der Waals surface area contributed by atoms with E-state index in [0.717, 1.165) is 0 Å². The number of thioether (sulfide) groups is 1. The van der Waals surface area contributed by atoms with Crippen LogP contribution in [0.5, 0.6) is 0 Å². The van der Waals surface area contributed by atoms with Gasteiger partial charge >= 0.3 is 0 Å². The number of hydrogen-bond acceptors (Lipinski definition) is 2. The summed E-state index contributed by atoms with van der Waals surface area (Å²) in [4.78, 5) is 1.36. The third kappa shape index (κ3) is 5.33. The number of hydrogen-bond donors (Lipinski definition) is 1. The lowest BCUT2D eigenvalue weighted by molar-refractivity contribution is 0.896. The van der Waals surface area contributed by atoms with Crippen LogP contribution in [0.3, 0.4) is 0 Å². The Labute approximate surface area is 74.4 Å². The van der Waals surface area contributed by atoms with Crippen molar-refractivity contribution < 1.29 is 0 Å². The maximum atomic E-state index is 5.58. The predicted octanol–water partition coefficient (Wildman–Crippen LogP) is 2.77. The largest absolute Gasteiger partial charge is 0.326 e. The molecule has 0 spiro atoms. The van der Waals surface area contributed by atoms with Crippen LogP contribution < -0.4 is 5.73 Å². The summed E-state index contributed by atoms with van der Waals surface area (Å²) < 4.78 is 0. The van der Waals surface area contributed by atoms with E-state index in [1.165, 1.54) is 29.1 Å². The van der Waals surface area contributed by atoms with Crippen molar-refractivity contribution in [2.75, 3.05) is 12.3 Å². The van der Waals surface area contributed by atoms with E-state index in [1.807, 2.05) is 11.8 Å². The first-order valence-corrected chi connectivity index (χ1v) is 5.20. The molecule has 0 saturated carbocycles. The number of unbranched alkanes of at least 4 members (excludes halogenated alkanes) is 1. The smallest absolute Gasteiger partial charge is 0.0238 e. The molecule has 0 atom stereocenters. The van der Waals surface area contributed by atoms with Crippen LogP contribution in [0.15, 0.2) is 10.5 Å².